The van der Waals surface area contributed by atoms with E-state index in [4.69, 9.17) is 11.6 Å². The second-order valence-corrected chi connectivity index (χ2v) is 11.9. The van der Waals surface area contributed by atoms with Crippen LogP contribution in [0.1, 0.15) is 43.4 Å². The quantitative estimate of drug-likeness (QED) is 0.292. The summed E-state index contributed by atoms with van der Waals surface area (Å²) in [5, 5.41) is 3.23. The number of carbonyl (C=O) groups excluding carboxylic acids is 2. The molecule has 0 fully saturated rings. The van der Waals surface area contributed by atoms with Gasteiger partial charge in [-0.25, -0.2) is 8.42 Å². The minimum Gasteiger partial charge on any atom is -0.354 e. The first kappa shape index (κ1) is 30.2. The number of benzene rings is 3. The molecular formula is C30H36ClN3O4S. The summed E-state index contributed by atoms with van der Waals surface area (Å²) >= 11 is 6.27. The number of anilines is 1. The molecule has 39 heavy (non-hydrogen) atoms. The van der Waals surface area contributed by atoms with E-state index in [2.05, 4.69) is 5.32 Å². The Balaban J connectivity index is 2.03. The summed E-state index contributed by atoms with van der Waals surface area (Å²) < 4.78 is 29.0. The molecule has 1 atom stereocenters. The van der Waals surface area contributed by atoms with Gasteiger partial charge in [0.15, 0.2) is 0 Å². The normalized spacial score (nSPS) is 12.0. The van der Waals surface area contributed by atoms with Crippen molar-refractivity contribution in [2.24, 2.45) is 0 Å². The number of aryl methyl sites for hydroxylation is 2. The largest absolute Gasteiger partial charge is 0.354 e. The predicted molar refractivity (Wildman–Crippen MR) is 156 cm³/mol. The first-order chi connectivity index (χ1) is 18.5. The zero-order chi connectivity index (χ0) is 28.6. The van der Waals surface area contributed by atoms with Gasteiger partial charge in [-0.1, -0.05) is 79.0 Å². The van der Waals surface area contributed by atoms with Crippen molar-refractivity contribution in [1.82, 2.24) is 10.2 Å². The van der Waals surface area contributed by atoms with Gasteiger partial charge < -0.3 is 10.2 Å². The van der Waals surface area contributed by atoms with E-state index in [0.29, 0.717) is 22.8 Å². The van der Waals surface area contributed by atoms with Gasteiger partial charge >= 0.3 is 0 Å². The van der Waals surface area contributed by atoms with Crippen LogP contribution in [0.4, 0.5) is 5.69 Å². The Hall–Kier alpha value is -3.36. The summed E-state index contributed by atoms with van der Waals surface area (Å²) in [6.45, 7) is 7.47. The Morgan fingerprint density at radius 1 is 0.974 bits per heavy atom. The number of hydrogen-bond acceptors (Lipinski definition) is 4. The lowest BCUT2D eigenvalue weighted by molar-refractivity contribution is -0.139. The highest BCUT2D eigenvalue weighted by Crippen LogP contribution is 2.30. The molecule has 7 nitrogen and oxygen atoms in total. The Bertz CT molecular complexity index is 1380. The van der Waals surface area contributed by atoms with Gasteiger partial charge in [-0.2, -0.15) is 0 Å². The van der Waals surface area contributed by atoms with Gasteiger partial charge in [0.1, 0.15) is 12.6 Å². The van der Waals surface area contributed by atoms with Gasteiger partial charge in [0, 0.05) is 18.1 Å². The van der Waals surface area contributed by atoms with Crippen molar-refractivity contribution in [1.29, 1.82) is 0 Å². The molecule has 3 aromatic rings. The third-order valence-corrected chi connectivity index (χ3v) is 8.53. The molecule has 0 aliphatic carbocycles. The van der Waals surface area contributed by atoms with Crippen molar-refractivity contribution >= 4 is 39.1 Å². The van der Waals surface area contributed by atoms with Gasteiger partial charge in [-0.3, -0.25) is 13.9 Å². The van der Waals surface area contributed by atoms with Crippen LogP contribution in [0, 0.1) is 13.8 Å². The highest BCUT2D eigenvalue weighted by atomic mass is 35.5. The van der Waals surface area contributed by atoms with Gasteiger partial charge in [-0.05, 0) is 62.6 Å². The lowest BCUT2D eigenvalue weighted by atomic mass is 10.1. The lowest BCUT2D eigenvalue weighted by Crippen LogP contribution is -2.51. The lowest BCUT2D eigenvalue weighted by Gasteiger charge is -2.32. The van der Waals surface area contributed by atoms with Crippen molar-refractivity contribution in [2.45, 2.75) is 58.0 Å². The molecule has 2 amide bonds. The van der Waals surface area contributed by atoms with E-state index in [9.17, 15) is 18.0 Å². The Morgan fingerprint density at radius 2 is 1.64 bits per heavy atom. The number of amides is 2. The maximum atomic E-state index is 13.9. The van der Waals surface area contributed by atoms with Crippen molar-refractivity contribution in [3.63, 3.8) is 0 Å². The number of sulfonamides is 1. The van der Waals surface area contributed by atoms with Crippen molar-refractivity contribution < 1.29 is 18.0 Å². The van der Waals surface area contributed by atoms with Crippen LogP contribution in [0.15, 0.2) is 77.7 Å². The van der Waals surface area contributed by atoms with E-state index in [-0.39, 0.29) is 17.3 Å². The van der Waals surface area contributed by atoms with Crippen LogP contribution in [-0.2, 0) is 26.2 Å². The van der Waals surface area contributed by atoms with Crippen LogP contribution in [0.3, 0.4) is 0 Å². The molecule has 0 aliphatic heterocycles. The van der Waals surface area contributed by atoms with Crippen molar-refractivity contribution in [3.05, 3.63) is 94.5 Å². The standard InChI is InChI=1S/C30H36ClN3O4S/c1-5-6-18-32-30(36)24(4)33(20-25-10-8-7-9-11-25)29(35)21-34(28-19-26(31)15-14-23(28)3)39(37,38)27-16-12-22(2)13-17-27/h7-17,19,24H,5-6,18,20-21H2,1-4H3,(H,32,36). The van der Waals surface area contributed by atoms with E-state index < -0.39 is 28.5 Å². The maximum absolute atomic E-state index is 13.9. The molecule has 3 rings (SSSR count). The molecule has 0 bridgehead atoms. The number of rotatable bonds is 12. The summed E-state index contributed by atoms with van der Waals surface area (Å²) in [6.07, 6.45) is 1.74. The minimum absolute atomic E-state index is 0.0558. The van der Waals surface area contributed by atoms with Gasteiger partial charge in [0.05, 0.1) is 10.6 Å². The van der Waals surface area contributed by atoms with Gasteiger partial charge in [0.2, 0.25) is 11.8 Å². The molecule has 0 aromatic heterocycles. The summed E-state index contributed by atoms with van der Waals surface area (Å²) in [5.41, 5.74) is 2.68. The first-order valence-electron chi connectivity index (χ1n) is 13.0. The van der Waals surface area contributed by atoms with E-state index in [1.165, 1.54) is 17.0 Å². The number of hydrogen-bond donors (Lipinski definition) is 1. The second kappa shape index (κ2) is 13.6. The minimum atomic E-state index is -4.15. The smallest absolute Gasteiger partial charge is 0.264 e. The van der Waals surface area contributed by atoms with E-state index in [1.54, 1.807) is 44.2 Å². The number of unbranched alkanes of at least 4 members (excludes halogenated alkanes) is 1. The molecule has 0 aliphatic rings. The number of carbonyl (C=O) groups is 2. The molecule has 0 saturated heterocycles. The predicted octanol–water partition coefficient (Wildman–Crippen LogP) is 5.49. The van der Waals surface area contributed by atoms with Crippen LogP contribution in [0.5, 0.6) is 0 Å². The van der Waals surface area contributed by atoms with Crippen LogP contribution in [-0.4, -0.2) is 44.3 Å². The van der Waals surface area contributed by atoms with Crippen LogP contribution in [0.25, 0.3) is 0 Å². The average Bonchev–Trinajstić information content (AvgIpc) is 2.92. The zero-order valence-electron chi connectivity index (χ0n) is 22.9. The molecule has 3 aromatic carbocycles. The fourth-order valence-electron chi connectivity index (χ4n) is 4.10. The summed E-state index contributed by atoms with van der Waals surface area (Å²) in [7, 11) is -4.15. The topological polar surface area (TPSA) is 86.8 Å². The molecular weight excluding hydrogens is 534 g/mol. The molecule has 0 radical (unpaired) electrons. The maximum Gasteiger partial charge on any atom is 0.264 e. The molecule has 9 heteroatoms. The summed E-state index contributed by atoms with van der Waals surface area (Å²) in [4.78, 5) is 28.4. The van der Waals surface area contributed by atoms with E-state index in [1.807, 2.05) is 44.2 Å². The van der Waals surface area contributed by atoms with Crippen molar-refractivity contribution in [2.75, 3.05) is 17.4 Å². The first-order valence-corrected chi connectivity index (χ1v) is 14.8. The number of nitrogens with one attached hydrogen (secondary N) is 1. The van der Waals surface area contributed by atoms with Crippen molar-refractivity contribution in [3.8, 4) is 0 Å². The SMILES string of the molecule is CCCCNC(=O)C(C)N(Cc1ccccc1)C(=O)CN(c1cc(Cl)ccc1C)S(=O)(=O)c1ccc(C)cc1. The molecule has 208 valence electrons. The number of halogens is 1. The highest BCUT2D eigenvalue weighted by Gasteiger charge is 2.33. The van der Waals surface area contributed by atoms with Gasteiger partial charge in [0.25, 0.3) is 10.0 Å². The molecule has 1 N–H and O–H groups in total. The highest BCUT2D eigenvalue weighted by molar-refractivity contribution is 7.92. The molecule has 0 heterocycles. The Morgan fingerprint density at radius 3 is 2.28 bits per heavy atom. The van der Waals surface area contributed by atoms with Crippen LogP contribution < -0.4 is 9.62 Å². The monoisotopic (exact) mass is 569 g/mol. The average molecular weight is 570 g/mol. The van der Waals surface area contributed by atoms with E-state index >= 15 is 0 Å². The zero-order valence-corrected chi connectivity index (χ0v) is 24.4. The second-order valence-electron chi connectivity index (χ2n) is 9.58. The third kappa shape index (κ3) is 7.83. The van der Waals surface area contributed by atoms with E-state index in [0.717, 1.165) is 28.3 Å². The summed E-state index contributed by atoms with van der Waals surface area (Å²) in [6, 6.07) is 19.9. The summed E-state index contributed by atoms with van der Waals surface area (Å²) in [5.74, 6) is -0.799. The molecule has 0 saturated carbocycles. The third-order valence-electron chi connectivity index (χ3n) is 6.52. The fourth-order valence-corrected chi connectivity index (χ4v) is 5.74. The Labute approximate surface area is 236 Å². The Kier molecular flexibility index (Phi) is 10.5. The number of nitrogens with zero attached hydrogens (tertiary/aromatic N) is 2. The molecule has 1 unspecified atom stereocenters. The fraction of sp³-hybridized carbons (Fsp3) is 0.333. The molecule has 0 spiro atoms. The van der Waals surface area contributed by atoms with Crippen LogP contribution in [0.2, 0.25) is 5.02 Å². The van der Waals surface area contributed by atoms with Crippen LogP contribution >= 0.6 is 11.6 Å². The van der Waals surface area contributed by atoms with Gasteiger partial charge in [-0.15, -0.1) is 0 Å².